The van der Waals surface area contributed by atoms with Gasteiger partial charge in [0.2, 0.25) is 5.91 Å². The highest BCUT2D eigenvalue weighted by Crippen LogP contribution is 2.26. The lowest BCUT2D eigenvalue weighted by Gasteiger charge is -2.42. The van der Waals surface area contributed by atoms with Crippen LogP contribution in [0.3, 0.4) is 0 Å². The third kappa shape index (κ3) is 3.44. The molecule has 118 valence electrons. The number of carboxylic acid groups (broad SMARTS) is 1. The minimum absolute atomic E-state index is 0.0284. The molecule has 8 nitrogen and oxygen atoms in total. The van der Waals surface area contributed by atoms with Gasteiger partial charge in [-0.1, -0.05) is 0 Å². The number of amides is 3. The highest BCUT2D eigenvalue weighted by Gasteiger charge is 2.39. The number of nitrogens with one attached hydrogen (secondary N) is 1. The van der Waals surface area contributed by atoms with Gasteiger partial charge in [0.1, 0.15) is 12.6 Å². The molecule has 1 saturated heterocycles. The summed E-state index contributed by atoms with van der Waals surface area (Å²) >= 11 is 0. The van der Waals surface area contributed by atoms with Crippen LogP contribution in [0.15, 0.2) is 0 Å². The molecular formula is C13H21N3O5. The predicted octanol–water partition coefficient (Wildman–Crippen LogP) is -0.772. The first-order valence-electron chi connectivity index (χ1n) is 7.22. The van der Waals surface area contributed by atoms with Crippen molar-refractivity contribution in [3.63, 3.8) is 0 Å². The fraction of sp³-hybridized carbons (Fsp3) is 0.769. The topological polar surface area (TPSA) is 110 Å². The van der Waals surface area contributed by atoms with Gasteiger partial charge in [0.15, 0.2) is 0 Å². The molecule has 1 saturated carbocycles. The van der Waals surface area contributed by atoms with Gasteiger partial charge in [-0.3, -0.25) is 9.69 Å². The van der Waals surface area contributed by atoms with Crippen LogP contribution in [0.5, 0.6) is 0 Å². The van der Waals surface area contributed by atoms with Crippen LogP contribution < -0.4 is 5.32 Å². The number of hydrogen-bond acceptors (Lipinski definition) is 4. The maximum absolute atomic E-state index is 12.6. The number of urea groups is 1. The molecule has 0 bridgehead atoms. The van der Waals surface area contributed by atoms with Crippen molar-refractivity contribution in [2.75, 3.05) is 26.2 Å². The van der Waals surface area contributed by atoms with Gasteiger partial charge in [0.05, 0.1) is 0 Å². The molecule has 0 spiro atoms. The minimum atomic E-state index is -1.13. The molecule has 1 unspecified atom stereocenters. The SMILES string of the molecule is O=C1CN(C(=O)N(CCCO)C2CCC2)C(C(=O)O)CN1. The summed E-state index contributed by atoms with van der Waals surface area (Å²) in [6.07, 6.45) is 3.25. The van der Waals surface area contributed by atoms with Crippen LogP contribution in [-0.4, -0.2) is 76.2 Å². The second-order valence-electron chi connectivity index (χ2n) is 5.42. The Morgan fingerprint density at radius 1 is 1.38 bits per heavy atom. The van der Waals surface area contributed by atoms with E-state index in [9.17, 15) is 19.5 Å². The molecule has 2 rings (SSSR count). The van der Waals surface area contributed by atoms with Gasteiger partial charge < -0.3 is 20.4 Å². The highest BCUT2D eigenvalue weighted by molar-refractivity contribution is 5.90. The van der Waals surface area contributed by atoms with Crippen LogP contribution in [-0.2, 0) is 9.59 Å². The van der Waals surface area contributed by atoms with E-state index in [0.717, 1.165) is 24.2 Å². The fourth-order valence-electron chi connectivity index (χ4n) is 2.60. The second-order valence-corrected chi connectivity index (χ2v) is 5.42. The third-order valence-corrected chi connectivity index (χ3v) is 4.03. The summed E-state index contributed by atoms with van der Waals surface area (Å²) in [4.78, 5) is 38.1. The van der Waals surface area contributed by atoms with E-state index in [1.165, 1.54) is 0 Å². The van der Waals surface area contributed by atoms with E-state index in [4.69, 9.17) is 5.11 Å². The van der Waals surface area contributed by atoms with Crippen molar-refractivity contribution in [2.45, 2.75) is 37.8 Å². The Balaban J connectivity index is 2.11. The number of aliphatic carboxylic acids is 1. The maximum atomic E-state index is 12.6. The standard InChI is InChI=1S/C13H21N3O5/c17-6-2-5-15(9-3-1-4-9)13(21)16-8-11(18)14-7-10(16)12(19)20/h9-10,17H,1-8H2,(H,14,18)(H,19,20). The summed E-state index contributed by atoms with van der Waals surface area (Å²) in [7, 11) is 0. The van der Waals surface area contributed by atoms with Crippen molar-refractivity contribution in [2.24, 2.45) is 0 Å². The number of carbonyl (C=O) groups is 3. The van der Waals surface area contributed by atoms with E-state index in [1.54, 1.807) is 4.90 Å². The number of carboxylic acids is 1. The number of nitrogens with zero attached hydrogens (tertiary/aromatic N) is 2. The number of rotatable bonds is 5. The molecule has 2 fully saturated rings. The van der Waals surface area contributed by atoms with E-state index in [2.05, 4.69) is 5.32 Å². The summed E-state index contributed by atoms with van der Waals surface area (Å²) in [6, 6.07) is -1.37. The Morgan fingerprint density at radius 3 is 2.62 bits per heavy atom. The molecule has 3 amide bonds. The van der Waals surface area contributed by atoms with Crippen LogP contribution in [0.1, 0.15) is 25.7 Å². The average molecular weight is 299 g/mol. The summed E-state index contributed by atoms with van der Waals surface area (Å²) in [5.74, 6) is -1.48. The first-order valence-corrected chi connectivity index (χ1v) is 7.22. The summed E-state index contributed by atoms with van der Waals surface area (Å²) in [5.41, 5.74) is 0. The molecule has 1 heterocycles. The van der Waals surface area contributed by atoms with Gasteiger partial charge in [-0.25, -0.2) is 9.59 Å². The fourth-order valence-corrected chi connectivity index (χ4v) is 2.60. The van der Waals surface area contributed by atoms with Gasteiger partial charge in [0.25, 0.3) is 0 Å². The van der Waals surface area contributed by atoms with Gasteiger partial charge in [-0.15, -0.1) is 0 Å². The Kier molecular flexibility index (Phi) is 5.00. The summed E-state index contributed by atoms with van der Waals surface area (Å²) < 4.78 is 0. The molecule has 1 atom stereocenters. The van der Waals surface area contributed by atoms with Crippen molar-refractivity contribution in [1.29, 1.82) is 0 Å². The zero-order valence-corrected chi connectivity index (χ0v) is 11.8. The van der Waals surface area contributed by atoms with E-state index in [-0.39, 0.29) is 31.6 Å². The summed E-state index contributed by atoms with van der Waals surface area (Å²) in [6.45, 7) is 0.0420. The quantitative estimate of drug-likeness (QED) is 0.617. The smallest absolute Gasteiger partial charge is 0.328 e. The molecule has 8 heteroatoms. The zero-order chi connectivity index (χ0) is 15.4. The lowest BCUT2D eigenvalue weighted by molar-refractivity contribution is -0.144. The number of aliphatic hydroxyl groups is 1. The number of hydrogen-bond donors (Lipinski definition) is 3. The lowest BCUT2D eigenvalue weighted by Crippen LogP contribution is -2.63. The monoisotopic (exact) mass is 299 g/mol. The second kappa shape index (κ2) is 6.75. The normalized spacial score (nSPS) is 22.4. The first-order chi connectivity index (χ1) is 10.0. The van der Waals surface area contributed by atoms with Crippen LogP contribution in [0.25, 0.3) is 0 Å². The molecule has 0 aromatic rings. The van der Waals surface area contributed by atoms with Crippen molar-refractivity contribution in [3.05, 3.63) is 0 Å². The van der Waals surface area contributed by atoms with Crippen molar-refractivity contribution < 1.29 is 24.6 Å². The van der Waals surface area contributed by atoms with Crippen LogP contribution >= 0.6 is 0 Å². The highest BCUT2D eigenvalue weighted by atomic mass is 16.4. The number of aliphatic hydroxyl groups excluding tert-OH is 1. The lowest BCUT2D eigenvalue weighted by atomic mass is 9.91. The van der Waals surface area contributed by atoms with E-state index < -0.39 is 18.0 Å². The van der Waals surface area contributed by atoms with Crippen molar-refractivity contribution in [1.82, 2.24) is 15.1 Å². The van der Waals surface area contributed by atoms with Gasteiger partial charge >= 0.3 is 12.0 Å². The Bertz CT molecular complexity index is 424. The van der Waals surface area contributed by atoms with Crippen LogP contribution in [0.2, 0.25) is 0 Å². The average Bonchev–Trinajstić information content (AvgIpc) is 2.40. The molecule has 2 aliphatic rings. The molecular weight excluding hydrogens is 278 g/mol. The largest absolute Gasteiger partial charge is 0.480 e. The molecule has 0 aromatic heterocycles. The molecule has 0 aromatic carbocycles. The van der Waals surface area contributed by atoms with Gasteiger partial charge in [-0.05, 0) is 25.7 Å². The number of piperazine rings is 1. The Morgan fingerprint density at radius 2 is 2.10 bits per heavy atom. The molecule has 1 aliphatic heterocycles. The summed E-state index contributed by atoms with van der Waals surface area (Å²) in [5, 5.41) is 20.6. The van der Waals surface area contributed by atoms with Crippen molar-refractivity contribution >= 4 is 17.9 Å². The van der Waals surface area contributed by atoms with Gasteiger partial charge in [-0.2, -0.15) is 0 Å². The molecule has 0 radical (unpaired) electrons. The Labute approximate surface area is 122 Å². The predicted molar refractivity (Wildman–Crippen MR) is 72.6 cm³/mol. The van der Waals surface area contributed by atoms with E-state index in [0.29, 0.717) is 13.0 Å². The number of carbonyl (C=O) groups excluding carboxylic acids is 2. The third-order valence-electron chi connectivity index (χ3n) is 4.03. The van der Waals surface area contributed by atoms with E-state index >= 15 is 0 Å². The minimum Gasteiger partial charge on any atom is -0.480 e. The Hall–Kier alpha value is -1.83. The molecule has 1 aliphatic carbocycles. The first kappa shape index (κ1) is 15.6. The molecule has 21 heavy (non-hydrogen) atoms. The zero-order valence-electron chi connectivity index (χ0n) is 11.8. The maximum Gasteiger partial charge on any atom is 0.328 e. The van der Waals surface area contributed by atoms with Gasteiger partial charge in [0, 0.05) is 25.7 Å². The van der Waals surface area contributed by atoms with Crippen LogP contribution in [0.4, 0.5) is 4.79 Å². The van der Waals surface area contributed by atoms with Crippen LogP contribution in [0, 0.1) is 0 Å². The van der Waals surface area contributed by atoms with E-state index in [1.807, 2.05) is 0 Å². The van der Waals surface area contributed by atoms with Crippen molar-refractivity contribution in [3.8, 4) is 0 Å². The molecule has 3 N–H and O–H groups in total.